The van der Waals surface area contributed by atoms with E-state index in [0.29, 0.717) is 0 Å². The fraction of sp³-hybridized carbons (Fsp3) is 0.700. The molecule has 0 aliphatic carbocycles. The predicted molar refractivity (Wildman–Crippen MR) is 62.2 cm³/mol. The maximum Gasteiger partial charge on any atom is 0.305 e. The molecule has 0 radical (unpaired) electrons. The lowest BCUT2D eigenvalue weighted by Gasteiger charge is -2.39. The first-order valence-electron chi connectivity index (χ1n) is 5.44. The number of rotatable bonds is 9. The number of aliphatic carboxylic acids is 3. The smallest absolute Gasteiger partial charge is 0.305 e. The molecular weight excluding hydrogens is 260 g/mol. The van der Waals surface area contributed by atoms with Crippen LogP contribution in [0.1, 0.15) is 19.3 Å². The summed E-state index contributed by atoms with van der Waals surface area (Å²) in [5, 5.41) is 36.2. The molecule has 0 bridgehead atoms. The molecule has 0 aromatic carbocycles. The summed E-state index contributed by atoms with van der Waals surface area (Å²) in [7, 11) is 0. The lowest BCUT2D eigenvalue weighted by molar-refractivity contribution is -0.155. The molecule has 9 nitrogen and oxygen atoms in total. The lowest BCUT2D eigenvalue weighted by Crippen LogP contribution is -2.55. The highest BCUT2D eigenvalue weighted by molar-refractivity contribution is 5.73. The lowest BCUT2D eigenvalue weighted by atomic mass is 9.69. The third kappa shape index (κ3) is 4.81. The Labute approximate surface area is 108 Å². The van der Waals surface area contributed by atoms with Gasteiger partial charge in [-0.25, -0.2) is 0 Å². The van der Waals surface area contributed by atoms with E-state index >= 15 is 0 Å². The third-order valence-electron chi connectivity index (χ3n) is 2.98. The van der Waals surface area contributed by atoms with Crippen LogP contribution >= 0.6 is 0 Å². The summed E-state index contributed by atoms with van der Waals surface area (Å²) in [4.78, 5) is 32.3. The van der Waals surface area contributed by atoms with Crippen molar-refractivity contribution in [3.05, 3.63) is 0 Å². The van der Waals surface area contributed by atoms with Crippen molar-refractivity contribution >= 4 is 17.9 Å². The third-order valence-corrected chi connectivity index (χ3v) is 2.98. The number of nitrogens with two attached hydrogens (primary N) is 2. The van der Waals surface area contributed by atoms with Crippen LogP contribution in [0, 0.1) is 5.41 Å². The van der Waals surface area contributed by atoms with Crippen LogP contribution in [0.15, 0.2) is 0 Å². The van der Waals surface area contributed by atoms with Gasteiger partial charge in [0.1, 0.15) is 0 Å². The second kappa shape index (κ2) is 7.02. The van der Waals surface area contributed by atoms with Gasteiger partial charge in [0.2, 0.25) is 0 Å². The monoisotopic (exact) mass is 278 g/mol. The Morgan fingerprint density at radius 1 is 1.00 bits per heavy atom. The van der Waals surface area contributed by atoms with E-state index in [-0.39, 0.29) is 6.54 Å². The number of carbonyl (C=O) groups is 3. The molecule has 110 valence electrons. The summed E-state index contributed by atoms with van der Waals surface area (Å²) in [6.45, 7) is -0.281. The number of aliphatic hydroxyl groups is 1. The van der Waals surface area contributed by atoms with Crippen molar-refractivity contribution in [3.63, 3.8) is 0 Å². The maximum atomic E-state index is 10.9. The Morgan fingerprint density at radius 2 is 1.42 bits per heavy atom. The molecule has 0 amide bonds. The molecule has 19 heavy (non-hydrogen) atoms. The zero-order chi connectivity index (χ0) is 15.2. The molecule has 0 saturated heterocycles. The Morgan fingerprint density at radius 3 is 1.68 bits per heavy atom. The molecule has 0 saturated carbocycles. The highest BCUT2D eigenvalue weighted by Crippen LogP contribution is 2.36. The van der Waals surface area contributed by atoms with Crippen molar-refractivity contribution in [2.24, 2.45) is 16.9 Å². The zero-order valence-electron chi connectivity index (χ0n) is 10.2. The predicted octanol–water partition coefficient (Wildman–Crippen LogP) is -1.96. The quantitative estimate of drug-likeness (QED) is 0.278. The van der Waals surface area contributed by atoms with Crippen LogP contribution in [0.5, 0.6) is 0 Å². The fourth-order valence-corrected chi connectivity index (χ4v) is 1.97. The fourth-order valence-electron chi connectivity index (χ4n) is 1.97. The number of aliphatic hydroxyl groups excluding tert-OH is 1. The van der Waals surface area contributed by atoms with Crippen molar-refractivity contribution in [2.45, 2.75) is 31.4 Å². The average Bonchev–Trinajstić information content (AvgIpc) is 2.24. The molecule has 0 rings (SSSR count). The van der Waals surface area contributed by atoms with E-state index in [1.54, 1.807) is 0 Å². The highest BCUT2D eigenvalue weighted by Gasteiger charge is 2.47. The minimum atomic E-state index is -1.83. The molecule has 0 aliphatic rings. The van der Waals surface area contributed by atoms with Crippen molar-refractivity contribution in [1.29, 1.82) is 0 Å². The SMILES string of the molecule is NCC(N)C(CC(=O)O)(CC(=O)O)C(O)CC(=O)O. The Balaban J connectivity index is 5.50. The van der Waals surface area contributed by atoms with E-state index in [9.17, 15) is 19.5 Å². The average molecular weight is 278 g/mol. The molecule has 0 aliphatic heterocycles. The van der Waals surface area contributed by atoms with Gasteiger partial charge in [0, 0.05) is 18.0 Å². The number of hydrogen-bond acceptors (Lipinski definition) is 6. The highest BCUT2D eigenvalue weighted by atomic mass is 16.4. The van der Waals surface area contributed by atoms with Crippen LogP contribution in [0.3, 0.4) is 0 Å². The molecular formula is C10H18N2O7. The summed E-state index contributed by atoms with van der Waals surface area (Å²) in [5.74, 6) is -4.18. The first kappa shape index (κ1) is 17.3. The van der Waals surface area contributed by atoms with Gasteiger partial charge in [0.05, 0.1) is 25.4 Å². The zero-order valence-corrected chi connectivity index (χ0v) is 10.2. The molecule has 9 heteroatoms. The molecule has 2 unspecified atom stereocenters. The Hall–Kier alpha value is -1.71. The second-order valence-corrected chi connectivity index (χ2v) is 4.33. The minimum absolute atomic E-state index is 0.281. The van der Waals surface area contributed by atoms with Gasteiger partial charge in [-0.2, -0.15) is 0 Å². The Kier molecular flexibility index (Phi) is 6.39. The first-order valence-corrected chi connectivity index (χ1v) is 5.44. The van der Waals surface area contributed by atoms with Crippen LogP contribution in [0.25, 0.3) is 0 Å². The van der Waals surface area contributed by atoms with E-state index < -0.39 is 54.7 Å². The van der Waals surface area contributed by atoms with Crippen LogP contribution < -0.4 is 11.5 Å². The summed E-state index contributed by atoms with van der Waals surface area (Å²) in [6, 6.07) is -1.16. The van der Waals surface area contributed by atoms with Crippen molar-refractivity contribution in [3.8, 4) is 0 Å². The molecule has 0 aromatic rings. The van der Waals surface area contributed by atoms with Crippen LogP contribution in [0.4, 0.5) is 0 Å². The van der Waals surface area contributed by atoms with Gasteiger partial charge in [-0.05, 0) is 0 Å². The summed E-state index contributed by atoms with van der Waals surface area (Å²) < 4.78 is 0. The van der Waals surface area contributed by atoms with Gasteiger partial charge in [-0.15, -0.1) is 0 Å². The van der Waals surface area contributed by atoms with Gasteiger partial charge in [-0.3, -0.25) is 14.4 Å². The summed E-state index contributed by atoms with van der Waals surface area (Å²) in [6.07, 6.45) is -4.11. The van der Waals surface area contributed by atoms with Gasteiger partial charge in [0.25, 0.3) is 0 Å². The first-order chi connectivity index (χ1) is 8.65. The second-order valence-electron chi connectivity index (χ2n) is 4.33. The number of carboxylic acids is 3. The topological polar surface area (TPSA) is 184 Å². The van der Waals surface area contributed by atoms with Crippen molar-refractivity contribution in [1.82, 2.24) is 0 Å². The maximum absolute atomic E-state index is 10.9. The van der Waals surface area contributed by atoms with Gasteiger partial charge in [-0.1, -0.05) is 0 Å². The van der Waals surface area contributed by atoms with Crippen LogP contribution in [0.2, 0.25) is 0 Å². The molecule has 8 N–H and O–H groups in total. The van der Waals surface area contributed by atoms with E-state index in [1.165, 1.54) is 0 Å². The van der Waals surface area contributed by atoms with Crippen LogP contribution in [-0.2, 0) is 14.4 Å². The molecule has 0 fully saturated rings. The van der Waals surface area contributed by atoms with E-state index in [1.807, 2.05) is 0 Å². The van der Waals surface area contributed by atoms with Gasteiger partial charge < -0.3 is 31.9 Å². The van der Waals surface area contributed by atoms with E-state index in [2.05, 4.69) is 0 Å². The van der Waals surface area contributed by atoms with Gasteiger partial charge in [0.15, 0.2) is 0 Å². The molecule has 0 spiro atoms. The molecule has 0 heterocycles. The standard InChI is InChI=1S/C10H18N2O7/c11-4-5(12)10(2-8(16)17,3-9(18)19)6(13)1-7(14)15/h5-6,13H,1-4,11-12H2,(H,14,15)(H,16,17)(H,18,19). The Bertz CT molecular complexity index is 342. The molecule has 0 aromatic heterocycles. The summed E-state index contributed by atoms with van der Waals surface area (Å²) >= 11 is 0. The minimum Gasteiger partial charge on any atom is -0.481 e. The largest absolute Gasteiger partial charge is 0.481 e. The summed E-state index contributed by atoms with van der Waals surface area (Å²) in [5.41, 5.74) is 9.10. The number of carboxylic acid groups (broad SMARTS) is 3. The van der Waals surface area contributed by atoms with E-state index in [4.69, 9.17) is 26.8 Å². The van der Waals surface area contributed by atoms with Crippen molar-refractivity contribution < 1.29 is 34.8 Å². The van der Waals surface area contributed by atoms with Crippen LogP contribution in [-0.4, -0.2) is 57.0 Å². The molecule has 2 atom stereocenters. The van der Waals surface area contributed by atoms with Gasteiger partial charge >= 0.3 is 17.9 Å². The normalized spacial score (nSPS) is 14.7. The number of hydrogen-bond donors (Lipinski definition) is 6. The van der Waals surface area contributed by atoms with E-state index in [0.717, 1.165) is 0 Å². The van der Waals surface area contributed by atoms with Crippen molar-refractivity contribution in [2.75, 3.05) is 6.54 Å².